The molecule has 0 aliphatic heterocycles. The SMILES string of the molecule is Cn1cc(CNS(=O)(=O)c2ccc(N)nc2)cn1. The van der Waals surface area contributed by atoms with E-state index in [1.165, 1.54) is 18.3 Å². The van der Waals surface area contributed by atoms with Gasteiger partial charge in [0.15, 0.2) is 0 Å². The highest BCUT2D eigenvalue weighted by Crippen LogP contribution is 2.09. The van der Waals surface area contributed by atoms with Crippen LogP contribution in [0.2, 0.25) is 0 Å². The molecule has 7 nitrogen and oxygen atoms in total. The second-order valence-corrected chi connectivity index (χ2v) is 5.53. The third kappa shape index (κ3) is 2.84. The number of nitrogens with two attached hydrogens (primary N) is 1. The van der Waals surface area contributed by atoms with E-state index in [9.17, 15) is 8.42 Å². The van der Waals surface area contributed by atoms with Crippen LogP contribution in [0.25, 0.3) is 0 Å². The van der Waals surface area contributed by atoms with Crippen LogP contribution in [0.4, 0.5) is 5.82 Å². The lowest BCUT2D eigenvalue weighted by Gasteiger charge is -2.05. The molecule has 18 heavy (non-hydrogen) atoms. The summed E-state index contributed by atoms with van der Waals surface area (Å²) in [6.07, 6.45) is 4.56. The van der Waals surface area contributed by atoms with Gasteiger partial charge in [0.1, 0.15) is 10.7 Å². The number of pyridine rings is 1. The van der Waals surface area contributed by atoms with Gasteiger partial charge in [0.2, 0.25) is 10.0 Å². The first kappa shape index (κ1) is 12.5. The fraction of sp³-hybridized carbons (Fsp3) is 0.200. The third-order valence-corrected chi connectivity index (χ3v) is 3.68. The van der Waals surface area contributed by atoms with E-state index in [1.807, 2.05) is 0 Å². The zero-order valence-electron chi connectivity index (χ0n) is 9.74. The Morgan fingerprint density at radius 1 is 1.39 bits per heavy atom. The van der Waals surface area contributed by atoms with Crippen molar-refractivity contribution in [3.63, 3.8) is 0 Å². The van der Waals surface area contributed by atoms with Crippen LogP contribution in [0.5, 0.6) is 0 Å². The highest BCUT2D eigenvalue weighted by atomic mass is 32.2. The second-order valence-electron chi connectivity index (χ2n) is 3.77. The van der Waals surface area contributed by atoms with Gasteiger partial charge in [0.25, 0.3) is 0 Å². The van der Waals surface area contributed by atoms with Crippen LogP contribution in [-0.4, -0.2) is 23.2 Å². The number of sulfonamides is 1. The number of aryl methyl sites for hydroxylation is 1. The van der Waals surface area contributed by atoms with E-state index in [-0.39, 0.29) is 17.3 Å². The lowest BCUT2D eigenvalue weighted by molar-refractivity contribution is 0.581. The smallest absolute Gasteiger partial charge is 0.242 e. The summed E-state index contributed by atoms with van der Waals surface area (Å²) in [5.41, 5.74) is 6.18. The Kier molecular flexibility index (Phi) is 3.30. The van der Waals surface area contributed by atoms with Gasteiger partial charge < -0.3 is 5.73 Å². The minimum absolute atomic E-state index is 0.0839. The normalized spacial score (nSPS) is 11.6. The standard InChI is InChI=1S/C10H13N5O2S/c1-15-7-8(4-13-15)5-14-18(16,17)9-2-3-10(11)12-6-9/h2-4,6-7,14H,5H2,1H3,(H2,11,12). The van der Waals surface area contributed by atoms with Gasteiger partial charge in [-0.15, -0.1) is 0 Å². The van der Waals surface area contributed by atoms with Crippen molar-refractivity contribution in [2.75, 3.05) is 5.73 Å². The first-order valence-corrected chi connectivity index (χ1v) is 6.64. The topological polar surface area (TPSA) is 103 Å². The van der Waals surface area contributed by atoms with Crippen LogP contribution in [0.1, 0.15) is 5.56 Å². The van der Waals surface area contributed by atoms with Crippen LogP contribution in [0, 0.1) is 0 Å². The molecule has 0 spiro atoms. The zero-order valence-corrected chi connectivity index (χ0v) is 10.6. The molecule has 0 aliphatic carbocycles. The van der Waals surface area contributed by atoms with E-state index < -0.39 is 10.0 Å². The number of nitrogens with zero attached hydrogens (tertiary/aromatic N) is 3. The Morgan fingerprint density at radius 3 is 2.72 bits per heavy atom. The molecule has 0 bridgehead atoms. The van der Waals surface area contributed by atoms with Crippen molar-refractivity contribution in [3.05, 3.63) is 36.3 Å². The molecule has 0 saturated carbocycles. The number of rotatable bonds is 4. The quantitative estimate of drug-likeness (QED) is 0.803. The van der Waals surface area contributed by atoms with Crippen LogP contribution in [0.15, 0.2) is 35.6 Å². The summed E-state index contributed by atoms with van der Waals surface area (Å²) in [6.45, 7) is 0.181. The summed E-state index contributed by atoms with van der Waals surface area (Å²) in [5, 5.41) is 3.95. The van der Waals surface area contributed by atoms with E-state index in [4.69, 9.17) is 5.73 Å². The average Bonchev–Trinajstić information content (AvgIpc) is 2.73. The lowest BCUT2D eigenvalue weighted by atomic mass is 10.4. The van der Waals surface area contributed by atoms with Gasteiger partial charge >= 0.3 is 0 Å². The minimum Gasteiger partial charge on any atom is -0.384 e. The van der Waals surface area contributed by atoms with Gasteiger partial charge in [-0.2, -0.15) is 5.10 Å². The van der Waals surface area contributed by atoms with Crippen molar-refractivity contribution >= 4 is 15.8 Å². The lowest BCUT2D eigenvalue weighted by Crippen LogP contribution is -2.23. The molecule has 0 saturated heterocycles. The van der Waals surface area contributed by atoms with Crippen LogP contribution in [-0.2, 0) is 23.6 Å². The Bertz CT molecular complexity index is 633. The van der Waals surface area contributed by atoms with Gasteiger partial charge in [-0.1, -0.05) is 0 Å². The largest absolute Gasteiger partial charge is 0.384 e. The van der Waals surface area contributed by atoms with Crippen molar-refractivity contribution in [1.29, 1.82) is 0 Å². The van der Waals surface area contributed by atoms with E-state index in [1.54, 1.807) is 24.1 Å². The molecule has 2 heterocycles. The van der Waals surface area contributed by atoms with Crippen LogP contribution >= 0.6 is 0 Å². The van der Waals surface area contributed by atoms with Gasteiger partial charge in [0.05, 0.1) is 6.20 Å². The maximum atomic E-state index is 11.9. The predicted molar refractivity (Wildman–Crippen MR) is 65.9 cm³/mol. The third-order valence-electron chi connectivity index (χ3n) is 2.29. The summed E-state index contributed by atoms with van der Waals surface area (Å²) in [4.78, 5) is 3.83. The number of anilines is 1. The minimum atomic E-state index is -3.57. The summed E-state index contributed by atoms with van der Waals surface area (Å²) in [5.74, 6) is 0.279. The maximum Gasteiger partial charge on any atom is 0.242 e. The number of nitrogen functional groups attached to an aromatic ring is 1. The van der Waals surface area contributed by atoms with Gasteiger partial charge in [0, 0.05) is 31.5 Å². The van der Waals surface area contributed by atoms with Crippen LogP contribution in [0.3, 0.4) is 0 Å². The summed E-state index contributed by atoms with van der Waals surface area (Å²) in [6, 6.07) is 2.85. The Balaban J connectivity index is 2.10. The van der Waals surface area contributed by atoms with E-state index >= 15 is 0 Å². The molecule has 2 rings (SSSR count). The molecule has 0 unspecified atom stereocenters. The maximum absolute atomic E-state index is 11.9. The van der Waals surface area contributed by atoms with Crippen molar-refractivity contribution in [1.82, 2.24) is 19.5 Å². The van der Waals surface area contributed by atoms with Gasteiger partial charge in [-0.3, -0.25) is 4.68 Å². The highest BCUT2D eigenvalue weighted by Gasteiger charge is 2.14. The molecule has 2 aromatic rings. The Labute approximate surface area is 105 Å². The molecule has 8 heteroatoms. The second kappa shape index (κ2) is 4.75. The number of nitrogens with one attached hydrogen (secondary N) is 1. The average molecular weight is 267 g/mol. The molecule has 0 fully saturated rings. The van der Waals surface area contributed by atoms with Crippen molar-refractivity contribution in [2.24, 2.45) is 7.05 Å². The molecule has 0 amide bonds. The molecule has 96 valence electrons. The monoisotopic (exact) mass is 267 g/mol. The van der Waals surface area contributed by atoms with Crippen molar-refractivity contribution in [3.8, 4) is 0 Å². The molecule has 0 aromatic carbocycles. The molecule has 0 radical (unpaired) electrons. The summed E-state index contributed by atoms with van der Waals surface area (Å²) >= 11 is 0. The number of hydrogen-bond donors (Lipinski definition) is 2. The Morgan fingerprint density at radius 2 is 2.17 bits per heavy atom. The van der Waals surface area contributed by atoms with Crippen molar-refractivity contribution in [2.45, 2.75) is 11.4 Å². The fourth-order valence-corrected chi connectivity index (χ4v) is 2.34. The van der Waals surface area contributed by atoms with E-state index in [2.05, 4.69) is 14.8 Å². The molecule has 0 atom stereocenters. The molecular weight excluding hydrogens is 254 g/mol. The molecular formula is C10H13N5O2S. The predicted octanol–water partition coefficient (Wildman–Crippen LogP) is -0.124. The molecule has 2 aromatic heterocycles. The summed E-state index contributed by atoms with van der Waals surface area (Å²) in [7, 11) is -1.81. The molecule has 3 N–H and O–H groups in total. The number of aromatic nitrogens is 3. The fourth-order valence-electron chi connectivity index (χ4n) is 1.38. The summed E-state index contributed by atoms with van der Waals surface area (Å²) < 4.78 is 27.9. The van der Waals surface area contributed by atoms with Gasteiger partial charge in [-0.05, 0) is 12.1 Å². The number of hydrogen-bond acceptors (Lipinski definition) is 5. The van der Waals surface area contributed by atoms with Crippen molar-refractivity contribution < 1.29 is 8.42 Å². The van der Waals surface area contributed by atoms with Gasteiger partial charge in [-0.25, -0.2) is 18.1 Å². The zero-order chi connectivity index (χ0) is 13.2. The van der Waals surface area contributed by atoms with E-state index in [0.29, 0.717) is 0 Å². The first-order chi connectivity index (χ1) is 8.47. The first-order valence-electron chi connectivity index (χ1n) is 5.16. The molecule has 0 aliphatic rings. The van der Waals surface area contributed by atoms with Crippen LogP contribution < -0.4 is 10.5 Å². The highest BCUT2D eigenvalue weighted by molar-refractivity contribution is 7.89. The van der Waals surface area contributed by atoms with E-state index in [0.717, 1.165) is 5.56 Å². The Hall–Kier alpha value is -1.93.